The lowest BCUT2D eigenvalue weighted by atomic mass is 10.1. The van der Waals surface area contributed by atoms with Crippen molar-refractivity contribution in [1.82, 2.24) is 0 Å². The van der Waals surface area contributed by atoms with Crippen LogP contribution in [0.3, 0.4) is 0 Å². The molecule has 0 aromatic heterocycles. The molecule has 0 unspecified atom stereocenters. The number of benzene rings is 1. The van der Waals surface area contributed by atoms with Gasteiger partial charge in [0.25, 0.3) is 0 Å². The Morgan fingerprint density at radius 2 is 2.27 bits per heavy atom. The van der Waals surface area contributed by atoms with Gasteiger partial charge in [0.05, 0.1) is 13.6 Å². The van der Waals surface area contributed by atoms with Crippen LogP contribution in [0.5, 0.6) is 0 Å². The molecule has 1 aromatic carbocycles. The molecule has 1 rings (SSSR count). The van der Waals surface area contributed by atoms with E-state index in [1.165, 1.54) is 6.07 Å². The zero-order chi connectivity index (χ0) is 8.10. The first kappa shape index (κ1) is 8.21. The Balaban J connectivity index is 2.56. The molecule has 2 N–H and O–H groups in total. The van der Waals surface area contributed by atoms with Crippen molar-refractivity contribution in [3.05, 3.63) is 35.6 Å². The summed E-state index contributed by atoms with van der Waals surface area (Å²) in [5.41, 5.74) is 1.07. The predicted octanol–water partition coefficient (Wildman–Crippen LogP) is 0.561. The van der Waals surface area contributed by atoms with Gasteiger partial charge in [0.1, 0.15) is 5.82 Å². The van der Waals surface area contributed by atoms with Crippen LogP contribution in [0.2, 0.25) is 0 Å². The Bertz CT molecular complexity index is 223. The lowest BCUT2D eigenvalue weighted by Gasteiger charge is -1.97. The van der Waals surface area contributed by atoms with Gasteiger partial charge >= 0.3 is 0 Å². The maximum atomic E-state index is 12.6. The molecule has 0 aliphatic heterocycles. The highest BCUT2D eigenvalue weighted by atomic mass is 19.1. The van der Waals surface area contributed by atoms with Crippen molar-refractivity contribution in [2.24, 2.45) is 0 Å². The van der Waals surface area contributed by atoms with Crippen molar-refractivity contribution in [3.8, 4) is 0 Å². The number of nitrogens with two attached hydrogens (primary N) is 1. The number of halogens is 1. The van der Waals surface area contributed by atoms with Crippen LogP contribution in [0.15, 0.2) is 24.3 Å². The summed E-state index contributed by atoms with van der Waals surface area (Å²) in [6, 6.07) is 6.76. The van der Waals surface area contributed by atoms with Gasteiger partial charge in [-0.15, -0.1) is 0 Å². The van der Waals surface area contributed by atoms with Gasteiger partial charge in [-0.25, -0.2) is 4.39 Å². The largest absolute Gasteiger partial charge is 0.348 e. The normalized spacial score (nSPS) is 10.0. The Kier molecular flexibility index (Phi) is 3.05. The van der Waals surface area contributed by atoms with Gasteiger partial charge in [0, 0.05) is 6.42 Å². The van der Waals surface area contributed by atoms with Gasteiger partial charge in [-0.3, -0.25) is 0 Å². The summed E-state index contributed by atoms with van der Waals surface area (Å²) in [5.74, 6) is -0.140. The molecule has 0 heterocycles. The summed E-state index contributed by atoms with van der Waals surface area (Å²) in [7, 11) is 2.01. The monoisotopic (exact) mass is 154 g/mol. The average Bonchev–Trinajstić information content (AvgIpc) is 2.01. The first-order valence-corrected chi connectivity index (χ1v) is 3.85. The number of hydrogen-bond acceptors (Lipinski definition) is 0. The fourth-order valence-electron chi connectivity index (χ4n) is 1.00. The van der Waals surface area contributed by atoms with E-state index in [0.717, 1.165) is 18.5 Å². The van der Waals surface area contributed by atoms with E-state index >= 15 is 0 Å². The average molecular weight is 154 g/mol. The Hall–Kier alpha value is -0.890. The van der Waals surface area contributed by atoms with E-state index in [-0.39, 0.29) is 5.82 Å². The fourth-order valence-corrected chi connectivity index (χ4v) is 1.00. The number of rotatable bonds is 3. The Morgan fingerprint density at radius 3 is 2.91 bits per heavy atom. The molecular formula is C9H13FN+. The van der Waals surface area contributed by atoms with Crippen LogP contribution in [0.4, 0.5) is 4.39 Å². The van der Waals surface area contributed by atoms with Gasteiger partial charge in [-0.2, -0.15) is 0 Å². The van der Waals surface area contributed by atoms with Crippen LogP contribution in [0.25, 0.3) is 0 Å². The molecule has 0 saturated carbocycles. The minimum Gasteiger partial charge on any atom is -0.348 e. The molecule has 0 saturated heterocycles. The van der Waals surface area contributed by atoms with Crippen molar-refractivity contribution in [1.29, 1.82) is 0 Å². The minimum atomic E-state index is -0.140. The van der Waals surface area contributed by atoms with Gasteiger partial charge < -0.3 is 5.32 Å². The molecule has 11 heavy (non-hydrogen) atoms. The molecule has 0 aliphatic rings. The third-order valence-electron chi connectivity index (χ3n) is 1.61. The first-order chi connectivity index (χ1) is 5.33. The predicted molar refractivity (Wildman–Crippen MR) is 42.8 cm³/mol. The zero-order valence-corrected chi connectivity index (χ0v) is 6.68. The third kappa shape index (κ3) is 2.68. The van der Waals surface area contributed by atoms with Crippen LogP contribution in [0.1, 0.15) is 5.56 Å². The Morgan fingerprint density at radius 1 is 1.45 bits per heavy atom. The molecule has 0 aliphatic carbocycles. The Labute approximate surface area is 66.2 Å². The SMILES string of the molecule is C[NH2+]CCc1cccc(F)c1. The quantitative estimate of drug-likeness (QED) is 0.655. The topological polar surface area (TPSA) is 16.6 Å². The van der Waals surface area contributed by atoms with Crippen molar-refractivity contribution in [2.45, 2.75) is 6.42 Å². The van der Waals surface area contributed by atoms with Gasteiger partial charge in [-0.1, -0.05) is 12.1 Å². The second-order valence-corrected chi connectivity index (χ2v) is 2.58. The summed E-state index contributed by atoms with van der Waals surface area (Å²) in [5, 5.41) is 2.09. The molecule has 0 atom stereocenters. The smallest absolute Gasteiger partial charge is 0.123 e. The summed E-state index contributed by atoms with van der Waals surface area (Å²) < 4.78 is 12.6. The van der Waals surface area contributed by atoms with Crippen molar-refractivity contribution in [3.63, 3.8) is 0 Å². The van der Waals surface area contributed by atoms with Gasteiger partial charge in [-0.05, 0) is 17.7 Å². The summed E-state index contributed by atoms with van der Waals surface area (Å²) in [6.45, 7) is 1.02. The van der Waals surface area contributed by atoms with Crippen molar-refractivity contribution in [2.75, 3.05) is 13.6 Å². The molecule has 1 aromatic rings. The number of quaternary nitrogens is 1. The van der Waals surface area contributed by atoms with E-state index in [2.05, 4.69) is 5.32 Å². The van der Waals surface area contributed by atoms with E-state index in [4.69, 9.17) is 0 Å². The van der Waals surface area contributed by atoms with E-state index in [1.54, 1.807) is 12.1 Å². The van der Waals surface area contributed by atoms with Crippen LogP contribution in [-0.4, -0.2) is 13.6 Å². The molecule has 0 spiro atoms. The number of hydrogen-bond donors (Lipinski definition) is 1. The number of likely N-dealkylation sites (N-methyl/N-ethyl adjacent to an activating group) is 1. The standard InChI is InChI=1S/C9H12FN/c1-11-6-5-8-3-2-4-9(10)7-8/h2-4,7,11H,5-6H2,1H3/p+1. The second-order valence-electron chi connectivity index (χ2n) is 2.58. The summed E-state index contributed by atoms with van der Waals surface area (Å²) in [6.07, 6.45) is 0.939. The van der Waals surface area contributed by atoms with Crippen molar-refractivity contribution >= 4 is 0 Å². The molecule has 0 amide bonds. The fraction of sp³-hybridized carbons (Fsp3) is 0.333. The highest BCUT2D eigenvalue weighted by Gasteiger charge is 1.94. The van der Waals surface area contributed by atoms with Gasteiger partial charge in [0.15, 0.2) is 0 Å². The molecule has 0 fully saturated rings. The molecule has 0 bridgehead atoms. The maximum absolute atomic E-state index is 12.6. The van der Waals surface area contributed by atoms with E-state index in [0.29, 0.717) is 0 Å². The third-order valence-corrected chi connectivity index (χ3v) is 1.61. The lowest BCUT2D eigenvalue weighted by molar-refractivity contribution is -0.626. The van der Waals surface area contributed by atoms with Crippen LogP contribution >= 0.6 is 0 Å². The van der Waals surface area contributed by atoms with E-state index in [1.807, 2.05) is 13.1 Å². The minimum absolute atomic E-state index is 0.140. The highest BCUT2D eigenvalue weighted by Crippen LogP contribution is 2.02. The highest BCUT2D eigenvalue weighted by molar-refractivity contribution is 5.16. The zero-order valence-electron chi connectivity index (χ0n) is 6.68. The van der Waals surface area contributed by atoms with E-state index in [9.17, 15) is 4.39 Å². The van der Waals surface area contributed by atoms with Crippen LogP contribution in [-0.2, 0) is 6.42 Å². The molecule has 2 heteroatoms. The first-order valence-electron chi connectivity index (χ1n) is 3.85. The van der Waals surface area contributed by atoms with E-state index < -0.39 is 0 Å². The van der Waals surface area contributed by atoms with Gasteiger partial charge in [0.2, 0.25) is 0 Å². The summed E-state index contributed by atoms with van der Waals surface area (Å²) >= 11 is 0. The molecule has 0 radical (unpaired) electrons. The lowest BCUT2D eigenvalue weighted by Crippen LogP contribution is -2.80. The van der Waals surface area contributed by atoms with Crippen LogP contribution in [0, 0.1) is 5.82 Å². The maximum Gasteiger partial charge on any atom is 0.123 e. The van der Waals surface area contributed by atoms with Crippen LogP contribution < -0.4 is 5.32 Å². The second kappa shape index (κ2) is 4.09. The van der Waals surface area contributed by atoms with Crippen molar-refractivity contribution < 1.29 is 9.71 Å². The molecular weight excluding hydrogens is 141 g/mol. The molecule has 1 nitrogen and oxygen atoms in total. The summed E-state index contributed by atoms with van der Waals surface area (Å²) in [4.78, 5) is 0. The molecule has 60 valence electrons.